The number of ether oxygens (including phenoxy) is 1. The van der Waals surface area contributed by atoms with Crippen LogP contribution in [0, 0.1) is 5.92 Å². The Morgan fingerprint density at radius 3 is 2.92 bits per heavy atom. The molecule has 130 valence electrons. The molecule has 0 radical (unpaired) electrons. The van der Waals surface area contributed by atoms with Gasteiger partial charge in [-0.05, 0) is 25.3 Å². The Balaban J connectivity index is 1.68. The van der Waals surface area contributed by atoms with Crippen molar-refractivity contribution in [2.45, 2.75) is 31.2 Å². The number of sulfonamides is 1. The SMILES string of the molecule is CCOc1ccc(S(=O)(=O)N(C)C[C@@H]2CCc3nccn3C2)cn1. The summed E-state index contributed by atoms with van der Waals surface area (Å²) in [7, 11) is -1.92. The second kappa shape index (κ2) is 6.90. The Hall–Kier alpha value is -1.93. The van der Waals surface area contributed by atoms with Crippen molar-refractivity contribution in [3.8, 4) is 5.88 Å². The first kappa shape index (κ1) is 16.9. The molecule has 0 aliphatic carbocycles. The van der Waals surface area contributed by atoms with Gasteiger partial charge < -0.3 is 9.30 Å². The van der Waals surface area contributed by atoms with Crippen molar-refractivity contribution in [2.75, 3.05) is 20.2 Å². The van der Waals surface area contributed by atoms with Gasteiger partial charge in [0, 0.05) is 45.0 Å². The van der Waals surface area contributed by atoms with Crippen LogP contribution in [0.5, 0.6) is 5.88 Å². The number of nitrogens with zero attached hydrogens (tertiary/aromatic N) is 4. The molecule has 7 nitrogen and oxygen atoms in total. The molecule has 0 N–H and O–H groups in total. The summed E-state index contributed by atoms with van der Waals surface area (Å²) in [5.41, 5.74) is 0. The zero-order valence-electron chi connectivity index (χ0n) is 13.9. The molecular formula is C16H22N4O3S. The number of imidazole rings is 1. The maximum absolute atomic E-state index is 12.7. The van der Waals surface area contributed by atoms with E-state index in [0.29, 0.717) is 19.0 Å². The van der Waals surface area contributed by atoms with E-state index in [1.54, 1.807) is 25.4 Å². The van der Waals surface area contributed by atoms with Gasteiger partial charge in [0.05, 0.1) is 12.8 Å². The van der Waals surface area contributed by atoms with Gasteiger partial charge in [-0.25, -0.2) is 22.7 Å². The highest BCUT2D eigenvalue weighted by Gasteiger charge is 2.26. The fourth-order valence-corrected chi connectivity index (χ4v) is 4.17. The van der Waals surface area contributed by atoms with Crippen molar-refractivity contribution < 1.29 is 13.2 Å². The lowest BCUT2D eigenvalue weighted by Gasteiger charge is -2.27. The molecule has 3 heterocycles. The highest BCUT2D eigenvalue weighted by atomic mass is 32.2. The Kier molecular flexibility index (Phi) is 4.86. The van der Waals surface area contributed by atoms with E-state index >= 15 is 0 Å². The summed E-state index contributed by atoms with van der Waals surface area (Å²) in [6.07, 6.45) is 6.93. The topological polar surface area (TPSA) is 77.3 Å². The molecule has 0 aromatic carbocycles. The summed E-state index contributed by atoms with van der Waals surface area (Å²) in [6.45, 7) is 3.64. The predicted octanol–water partition coefficient (Wildman–Crippen LogP) is 1.56. The van der Waals surface area contributed by atoms with E-state index in [-0.39, 0.29) is 10.8 Å². The minimum absolute atomic E-state index is 0.188. The monoisotopic (exact) mass is 350 g/mol. The van der Waals surface area contributed by atoms with Crippen molar-refractivity contribution >= 4 is 10.0 Å². The third kappa shape index (κ3) is 3.44. The zero-order valence-corrected chi connectivity index (χ0v) is 14.7. The Bertz CT molecular complexity index is 786. The quantitative estimate of drug-likeness (QED) is 0.790. The van der Waals surface area contributed by atoms with Crippen LogP contribution in [0.2, 0.25) is 0 Å². The molecule has 0 saturated carbocycles. The van der Waals surface area contributed by atoms with Crippen LogP contribution in [0.25, 0.3) is 0 Å². The average molecular weight is 350 g/mol. The lowest BCUT2D eigenvalue weighted by Crippen LogP contribution is -2.35. The van der Waals surface area contributed by atoms with E-state index < -0.39 is 10.0 Å². The van der Waals surface area contributed by atoms with Crippen LogP contribution in [-0.2, 0) is 23.0 Å². The summed E-state index contributed by atoms with van der Waals surface area (Å²) in [6, 6.07) is 3.13. The normalized spacial score (nSPS) is 17.7. The predicted molar refractivity (Wildman–Crippen MR) is 89.3 cm³/mol. The molecule has 1 atom stereocenters. The number of fused-ring (bicyclic) bond motifs is 1. The maximum atomic E-state index is 12.7. The molecule has 0 spiro atoms. The first-order valence-corrected chi connectivity index (χ1v) is 9.50. The van der Waals surface area contributed by atoms with Gasteiger partial charge in [-0.1, -0.05) is 0 Å². The first-order chi connectivity index (χ1) is 11.5. The van der Waals surface area contributed by atoms with Crippen molar-refractivity contribution in [1.82, 2.24) is 18.8 Å². The van der Waals surface area contributed by atoms with E-state index in [9.17, 15) is 8.42 Å². The first-order valence-electron chi connectivity index (χ1n) is 8.06. The number of aryl methyl sites for hydroxylation is 1. The molecule has 0 bridgehead atoms. The third-order valence-corrected chi connectivity index (χ3v) is 6.06. The van der Waals surface area contributed by atoms with Crippen molar-refractivity contribution in [2.24, 2.45) is 5.92 Å². The van der Waals surface area contributed by atoms with E-state index in [1.807, 2.05) is 13.1 Å². The van der Waals surface area contributed by atoms with Crippen LogP contribution >= 0.6 is 0 Å². The molecular weight excluding hydrogens is 328 g/mol. The lowest BCUT2D eigenvalue weighted by molar-refractivity contribution is 0.303. The van der Waals surface area contributed by atoms with Gasteiger partial charge in [0.1, 0.15) is 10.7 Å². The average Bonchev–Trinajstić information content (AvgIpc) is 3.03. The molecule has 0 unspecified atom stereocenters. The van der Waals surface area contributed by atoms with Crippen LogP contribution in [0.3, 0.4) is 0 Å². The molecule has 2 aromatic rings. The van der Waals surface area contributed by atoms with Crippen LogP contribution in [0.15, 0.2) is 35.6 Å². The largest absolute Gasteiger partial charge is 0.478 e. The summed E-state index contributed by atoms with van der Waals surface area (Å²) >= 11 is 0. The standard InChI is InChI=1S/C16H22N4O3S/c1-3-23-16-7-5-14(10-18-16)24(21,22)19(2)11-13-4-6-15-17-8-9-20(15)12-13/h5,7-10,13H,3-4,6,11-12H2,1-2H3/t13-/m0/s1. The number of aromatic nitrogens is 3. The van der Waals surface area contributed by atoms with Gasteiger partial charge in [-0.15, -0.1) is 0 Å². The summed E-state index contributed by atoms with van der Waals surface area (Å²) in [5.74, 6) is 1.79. The summed E-state index contributed by atoms with van der Waals surface area (Å²) in [4.78, 5) is 8.53. The molecule has 1 aliphatic rings. The van der Waals surface area contributed by atoms with Crippen molar-refractivity contribution in [3.63, 3.8) is 0 Å². The van der Waals surface area contributed by atoms with E-state index in [1.165, 1.54) is 10.5 Å². The van der Waals surface area contributed by atoms with E-state index in [2.05, 4.69) is 14.5 Å². The molecule has 3 rings (SSSR count). The maximum Gasteiger partial charge on any atom is 0.244 e. The highest BCUT2D eigenvalue weighted by Crippen LogP contribution is 2.22. The van der Waals surface area contributed by atoms with Crippen molar-refractivity contribution in [1.29, 1.82) is 0 Å². The van der Waals surface area contributed by atoms with E-state index in [4.69, 9.17) is 4.74 Å². The number of rotatable bonds is 6. The van der Waals surface area contributed by atoms with Gasteiger partial charge in [-0.3, -0.25) is 0 Å². The lowest BCUT2D eigenvalue weighted by atomic mass is 10.00. The van der Waals surface area contributed by atoms with Crippen molar-refractivity contribution in [3.05, 3.63) is 36.5 Å². The zero-order chi connectivity index (χ0) is 17.2. The second-order valence-electron chi connectivity index (χ2n) is 5.95. The Morgan fingerprint density at radius 2 is 2.21 bits per heavy atom. The van der Waals surface area contributed by atoms with Crippen LogP contribution < -0.4 is 4.74 Å². The smallest absolute Gasteiger partial charge is 0.244 e. The molecule has 8 heteroatoms. The number of hydrogen-bond donors (Lipinski definition) is 0. The molecule has 0 amide bonds. The minimum Gasteiger partial charge on any atom is -0.478 e. The van der Waals surface area contributed by atoms with Crippen LogP contribution in [0.1, 0.15) is 19.2 Å². The van der Waals surface area contributed by atoms with Gasteiger partial charge >= 0.3 is 0 Å². The fraction of sp³-hybridized carbons (Fsp3) is 0.500. The number of hydrogen-bond acceptors (Lipinski definition) is 5. The minimum atomic E-state index is -3.54. The van der Waals surface area contributed by atoms with Crippen LogP contribution in [0.4, 0.5) is 0 Å². The molecule has 1 aliphatic heterocycles. The fourth-order valence-electron chi connectivity index (χ4n) is 2.98. The van der Waals surface area contributed by atoms with Gasteiger partial charge in [0.25, 0.3) is 0 Å². The molecule has 2 aromatic heterocycles. The Labute approximate surface area is 142 Å². The van der Waals surface area contributed by atoms with Gasteiger partial charge in [0.2, 0.25) is 15.9 Å². The summed E-state index contributed by atoms with van der Waals surface area (Å²) in [5, 5.41) is 0. The van der Waals surface area contributed by atoms with E-state index in [0.717, 1.165) is 25.2 Å². The Morgan fingerprint density at radius 1 is 1.38 bits per heavy atom. The molecule has 0 fully saturated rings. The van der Waals surface area contributed by atoms with Gasteiger partial charge in [-0.2, -0.15) is 0 Å². The molecule has 0 saturated heterocycles. The van der Waals surface area contributed by atoms with Gasteiger partial charge in [0.15, 0.2) is 0 Å². The third-order valence-electron chi connectivity index (χ3n) is 4.26. The summed E-state index contributed by atoms with van der Waals surface area (Å²) < 4.78 is 34.2. The van der Waals surface area contributed by atoms with Crippen LogP contribution in [-0.4, -0.2) is 47.5 Å². The second-order valence-corrected chi connectivity index (χ2v) is 8.00. The molecule has 24 heavy (non-hydrogen) atoms. The highest BCUT2D eigenvalue weighted by molar-refractivity contribution is 7.89. The number of pyridine rings is 1.